The molecule has 2 rings (SSSR count). The molecule has 0 aliphatic carbocycles. The van der Waals surface area contributed by atoms with E-state index in [1.807, 2.05) is 19.1 Å². The van der Waals surface area contributed by atoms with Crippen LogP contribution in [0.4, 0.5) is 4.39 Å². The number of hydrogen-bond donors (Lipinski definition) is 2. The van der Waals surface area contributed by atoms with Crippen LogP contribution in [0.2, 0.25) is 0 Å². The third-order valence-corrected chi connectivity index (χ3v) is 3.28. The quantitative estimate of drug-likeness (QED) is 0.853. The molecular formula is C17H17FN2O2. The average molecular weight is 300 g/mol. The minimum absolute atomic E-state index is 0.0922. The summed E-state index contributed by atoms with van der Waals surface area (Å²) in [6.45, 7) is 1.81. The Kier molecular flexibility index (Phi) is 5.25. The molecule has 0 saturated carbocycles. The van der Waals surface area contributed by atoms with Crippen LogP contribution >= 0.6 is 0 Å². The van der Waals surface area contributed by atoms with Gasteiger partial charge in [0.25, 0.3) is 5.91 Å². The number of carbonyl (C=O) groups is 2. The Morgan fingerprint density at radius 2 is 1.68 bits per heavy atom. The molecule has 0 radical (unpaired) electrons. The van der Waals surface area contributed by atoms with Crippen LogP contribution < -0.4 is 10.9 Å². The zero-order valence-electron chi connectivity index (χ0n) is 12.2. The number of benzene rings is 2. The topological polar surface area (TPSA) is 58.2 Å². The first-order valence-electron chi connectivity index (χ1n) is 6.96. The molecule has 0 saturated heterocycles. The van der Waals surface area contributed by atoms with Gasteiger partial charge in [0.1, 0.15) is 5.82 Å². The third kappa shape index (κ3) is 4.15. The van der Waals surface area contributed by atoms with Crippen molar-refractivity contribution in [2.24, 2.45) is 0 Å². The Balaban J connectivity index is 1.82. The molecule has 0 atom stereocenters. The summed E-state index contributed by atoms with van der Waals surface area (Å²) in [6.07, 6.45) is 0.369. The van der Waals surface area contributed by atoms with Gasteiger partial charge in [-0.05, 0) is 36.6 Å². The van der Waals surface area contributed by atoms with Crippen molar-refractivity contribution in [3.63, 3.8) is 0 Å². The van der Waals surface area contributed by atoms with Gasteiger partial charge in [0.2, 0.25) is 5.91 Å². The second-order valence-corrected chi connectivity index (χ2v) is 4.91. The van der Waals surface area contributed by atoms with Crippen molar-refractivity contribution in [1.82, 2.24) is 10.9 Å². The zero-order valence-corrected chi connectivity index (χ0v) is 12.2. The molecule has 0 aliphatic rings. The standard InChI is InChI=1S/C17H17FN2O2/c1-12-6-2-4-8-14(12)17(22)20-19-16(21)11-10-13-7-3-5-9-15(13)18/h2-9H,10-11H2,1H3,(H,19,21)(H,20,22). The number of nitrogens with one attached hydrogen (secondary N) is 2. The highest BCUT2D eigenvalue weighted by molar-refractivity contribution is 5.96. The first-order chi connectivity index (χ1) is 10.6. The summed E-state index contributed by atoms with van der Waals surface area (Å²) in [4.78, 5) is 23.6. The van der Waals surface area contributed by atoms with Gasteiger partial charge in [-0.15, -0.1) is 0 Å². The Hall–Kier alpha value is -2.69. The third-order valence-electron chi connectivity index (χ3n) is 3.28. The molecule has 2 aromatic carbocycles. The van der Waals surface area contributed by atoms with Gasteiger partial charge in [0, 0.05) is 12.0 Å². The van der Waals surface area contributed by atoms with Crippen molar-refractivity contribution < 1.29 is 14.0 Å². The van der Waals surface area contributed by atoms with Crippen LogP contribution in [-0.2, 0) is 11.2 Å². The number of hydrazine groups is 1. The van der Waals surface area contributed by atoms with Crippen LogP contribution in [0.15, 0.2) is 48.5 Å². The van der Waals surface area contributed by atoms with E-state index < -0.39 is 0 Å². The molecule has 0 spiro atoms. The molecule has 0 aromatic heterocycles. The van der Waals surface area contributed by atoms with E-state index in [4.69, 9.17) is 0 Å². The van der Waals surface area contributed by atoms with E-state index >= 15 is 0 Å². The van der Waals surface area contributed by atoms with Crippen LogP contribution in [0.3, 0.4) is 0 Å². The molecule has 2 aromatic rings. The van der Waals surface area contributed by atoms with Crippen molar-refractivity contribution in [1.29, 1.82) is 0 Å². The fourth-order valence-corrected chi connectivity index (χ4v) is 2.03. The van der Waals surface area contributed by atoms with Crippen LogP contribution in [0.5, 0.6) is 0 Å². The van der Waals surface area contributed by atoms with Gasteiger partial charge in [-0.1, -0.05) is 36.4 Å². The average Bonchev–Trinajstić information content (AvgIpc) is 2.52. The van der Waals surface area contributed by atoms with Gasteiger partial charge in [-0.3, -0.25) is 20.4 Å². The van der Waals surface area contributed by atoms with E-state index in [9.17, 15) is 14.0 Å². The second kappa shape index (κ2) is 7.36. The molecule has 0 unspecified atom stereocenters. The Labute approximate surface area is 128 Å². The first-order valence-corrected chi connectivity index (χ1v) is 6.96. The zero-order chi connectivity index (χ0) is 15.9. The first kappa shape index (κ1) is 15.7. The summed E-state index contributed by atoms with van der Waals surface area (Å²) in [5, 5.41) is 0. The van der Waals surface area contributed by atoms with E-state index in [1.165, 1.54) is 6.07 Å². The number of aryl methyl sites for hydroxylation is 2. The minimum Gasteiger partial charge on any atom is -0.273 e. The van der Waals surface area contributed by atoms with E-state index in [-0.39, 0.29) is 30.5 Å². The number of carbonyl (C=O) groups excluding carboxylic acids is 2. The summed E-state index contributed by atoms with van der Waals surface area (Å²) in [6, 6.07) is 13.4. The van der Waals surface area contributed by atoms with Crippen molar-refractivity contribution >= 4 is 11.8 Å². The van der Waals surface area contributed by atoms with E-state index in [1.54, 1.807) is 30.3 Å². The minimum atomic E-state index is -0.377. The number of rotatable bonds is 4. The highest BCUT2D eigenvalue weighted by atomic mass is 19.1. The highest BCUT2D eigenvalue weighted by Gasteiger charge is 2.10. The van der Waals surface area contributed by atoms with Gasteiger partial charge >= 0.3 is 0 Å². The van der Waals surface area contributed by atoms with Gasteiger partial charge in [-0.25, -0.2) is 4.39 Å². The predicted octanol–water partition coefficient (Wildman–Crippen LogP) is 2.53. The van der Waals surface area contributed by atoms with Gasteiger partial charge in [0.15, 0.2) is 0 Å². The maximum Gasteiger partial charge on any atom is 0.269 e. The smallest absolute Gasteiger partial charge is 0.269 e. The van der Waals surface area contributed by atoms with Crippen molar-refractivity contribution in [2.75, 3.05) is 0 Å². The predicted molar refractivity (Wildman–Crippen MR) is 81.5 cm³/mol. The lowest BCUT2D eigenvalue weighted by Crippen LogP contribution is -2.41. The van der Waals surface area contributed by atoms with Crippen molar-refractivity contribution in [3.8, 4) is 0 Å². The SMILES string of the molecule is Cc1ccccc1C(=O)NNC(=O)CCc1ccccc1F. The summed E-state index contributed by atoms with van der Waals surface area (Å²) in [7, 11) is 0. The molecule has 114 valence electrons. The lowest BCUT2D eigenvalue weighted by atomic mass is 10.1. The number of halogens is 1. The monoisotopic (exact) mass is 300 g/mol. The van der Waals surface area contributed by atoms with Crippen molar-refractivity contribution in [2.45, 2.75) is 19.8 Å². The van der Waals surface area contributed by atoms with Crippen LogP contribution in [0, 0.1) is 12.7 Å². The summed E-state index contributed by atoms with van der Waals surface area (Å²) >= 11 is 0. The Morgan fingerprint density at radius 1 is 1.00 bits per heavy atom. The molecule has 4 nitrogen and oxygen atoms in total. The Morgan fingerprint density at radius 3 is 2.41 bits per heavy atom. The van der Waals surface area contributed by atoms with Gasteiger partial charge in [0.05, 0.1) is 0 Å². The second-order valence-electron chi connectivity index (χ2n) is 4.91. The fourth-order valence-electron chi connectivity index (χ4n) is 2.03. The molecule has 2 N–H and O–H groups in total. The summed E-state index contributed by atoms with van der Waals surface area (Å²) in [5.41, 5.74) is 6.49. The van der Waals surface area contributed by atoms with Gasteiger partial charge in [-0.2, -0.15) is 0 Å². The number of hydrogen-bond acceptors (Lipinski definition) is 2. The maximum atomic E-state index is 13.4. The van der Waals surface area contributed by atoms with E-state index in [0.717, 1.165) is 5.56 Å². The molecule has 2 amide bonds. The fraction of sp³-hybridized carbons (Fsp3) is 0.176. The lowest BCUT2D eigenvalue weighted by Gasteiger charge is -2.09. The molecule has 5 heteroatoms. The van der Waals surface area contributed by atoms with Crippen LogP contribution in [0.1, 0.15) is 27.9 Å². The molecule has 0 aliphatic heterocycles. The highest BCUT2D eigenvalue weighted by Crippen LogP contribution is 2.09. The van der Waals surface area contributed by atoms with Crippen LogP contribution in [-0.4, -0.2) is 11.8 Å². The van der Waals surface area contributed by atoms with Crippen LogP contribution in [0.25, 0.3) is 0 Å². The number of amides is 2. The lowest BCUT2D eigenvalue weighted by molar-refractivity contribution is -0.121. The van der Waals surface area contributed by atoms with Gasteiger partial charge < -0.3 is 0 Å². The summed E-state index contributed by atoms with van der Waals surface area (Å²) in [5.74, 6) is -1.08. The maximum absolute atomic E-state index is 13.4. The Bertz CT molecular complexity index is 686. The molecule has 22 heavy (non-hydrogen) atoms. The van der Waals surface area contributed by atoms with Crippen molar-refractivity contribution in [3.05, 3.63) is 71.0 Å². The van der Waals surface area contributed by atoms with E-state index in [0.29, 0.717) is 11.1 Å². The molecule has 0 fully saturated rings. The largest absolute Gasteiger partial charge is 0.273 e. The van der Waals surface area contributed by atoms with E-state index in [2.05, 4.69) is 10.9 Å². The molecule has 0 bridgehead atoms. The summed E-state index contributed by atoms with van der Waals surface area (Å²) < 4.78 is 13.4. The molecule has 0 heterocycles. The molecular weight excluding hydrogens is 283 g/mol. The normalized spacial score (nSPS) is 10.1.